The number of nitrogens with one attached hydrogen (secondary N) is 2. The second kappa shape index (κ2) is 9.00. The number of rotatable bonds is 5. The minimum Gasteiger partial charge on any atom is -0.352 e. The second-order valence-corrected chi connectivity index (χ2v) is 7.46. The molecule has 154 valence electrons. The van der Waals surface area contributed by atoms with Crippen molar-refractivity contribution < 1.29 is 9.59 Å². The highest BCUT2D eigenvalue weighted by Gasteiger charge is 2.20. The number of carbonyl (C=O) groups is 2. The van der Waals surface area contributed by atoms with E-state index in [1.165, 1.54) is 0 Å². The van der Waals surface area contributed by atoms with Gasteiger partial charge in [-0.2, -0.15) is 0 Å². The Hall–Kier alpha value is -3.00. The summed E-state index contributed by atoms with van der Waals surface area (Å²) in [5, 5.41) is 2.81. The minimum absolute atomic E-state index is 0.0194. The maximum absolute atomic E-state index is 12.6. The van der Waals surface area contributed by atoms with E-state index in [-0.39, 0.29) is 23.8 Å². The summed E-state index contributed by atoms with van der Waals surface area (Å²) in [5.74, 6) is 0.319. The van der Waals surface area contributed by atoms with Crippen molar-refractivity contribution in [1.29, 1.82) is 0 Å². The predicted molar refractivity (Wildman–Crippen MR) is 110 cm³/mol. The SMILES string of the molecule is Cc1nc(C)c(CC(=O)NCc2ccc(C(=O)N3CCN(C)CC3)cc2)c(=O)[nH]1. The summed E-state index contributed by atoms with van der Waals surface area (Å²) in [6.07, 6.45) is -0.0194. The van der Waals surface area contributed by atoms with E-state index in [1.54, 1.807) is 26.0 Å². The first-order valence-electron chi connectivity index (χ1n) is 9.73. The minimum atomic E-state index is -0.281. The molecule has 0 atom stereocenters. The first-order chi connectivity index (χ1) is 13.8. The molecular weight excluding hydrogens is 370 g/mol. The molecule has 1 aromatic heterocycles. The van der Waals surface area contributed by atoms with Gasteiger partial charge in [0.15, 0.2) is 0 Å². The van der Waals surface area contributed by atoms with Crippen molar-refractivity contribution >= 4 is 11.8 Å². The molecule has 1 aliphatic heterocycles. The van der Waals surface area contributed by atoms with Gasteiger partial charge >= 0.3 is 0 Å². The first-order valence-corrected chi connectivity index (χ1v) is 9.73. The average molecular weight is 397 g/mol. The molecule has 0 spiro atoms. The van der Waals surface area contributed by atoms with Crippen LogP contribution in [0.25, 0.3) is 0 Å². The number of likely N-dealkylation sites (N-methyl/N-ethyl adjacent to an activating group) is 1. The molecule has 0 bridgehead atoms. The van der Waals surface area contributed by atoms with Gasteiger partial charge in [0.05, 0.1) is 6.42 Å². The zero-order valence-electron chi connectivity index (χ0n) is 17.1. The Morgan fingerprint density at radius 2 is 1.76 bits per heavy atom. The highest BCUT2D eigenvalue weighted by atomic mass is 16.2. The molecule has 1 aliphatic rings. The van der Waals surface area contributed by atoms with Crippen molar-refractivity contribution in [2.45, 2.75) is 26.8 Å². The van der Waals surface area contributed by atoms with Crippen molar-refractivity contribution in [3.05, 3.63) is 62.8 Å². The molecule has 2 N–H and O–H groups in total. The fourth-order valence-corrected chi connectivity index (χ4v) is 3.34. The van der Waals surface area contributed by atoms with Crippen LogP contribution in [0.15, 0.2) is 29.1 Å². The second-order valence-electron chi connectivity index (χ2n) is 7.46. The molecule has 1 saturated heterocycles. The quantitative estimate of drug-likeness (QED) is 0.771. The first kappa shape index (κ1) is 20.7. The molecule has 1 fully saturated rings. The third-order valence-corrected chi connectivity index (χ3v) is 5.16. The lowest BCUT2D eigenvalue weighted by Gasteiger charge is -2.32. The fourth-order valence-electron chi connectivity index (χ4n) is 3.34. The Labute approximate surface area is 169 Å². The van der Waals surface area contributed by atoms with Crippen LogP contribution in [0, 0.1) is 13.8 Å². The number of hydrogen-bond donors (Lipinski definition) is 2. The van der Waals surface area contributed by atoms with E-state index < -0.39 is 0 Å². The highest BCUT2D eigenvalue weighted by molar-refractivity contribution is 5.94. The molecule has 2 amide bonds. The summed E-state index contributed by atoms with van der Waals surface area (Å²) in [7, 11) is 2.05. The fraction of sp³-hybridized carbons (Fsp3) is 0.429. The molecule has 29 heavy (non-hydrogen) atoms. The molecule has 2 aromatic rings. The van der Waals surface area contributed by atoms with E-state index in [9.17, 15) is 14.4 Å². The van der Waals surface area contributed by atoms with Gasteiger partial charge < -0.3 is 20.1 Å². The highest BCUT2D eigenvalue weighted by Crippen LogP contribution is 2.10. The maximum atomic E-state index is 12.6. The zero-order chi connectivity index (χ0) is 21.0. The number of piperazine rings is 1. The molecule has 3 rings (SSSR count). The third-order valence-electron chi connectivity index (χ3n) is 5.16. The molecule has 0 unspecified atom stereocenters. The van der Waals surface area contributed by atoms with Gasteiger partial charge in [-0.3, -0.25) is 14.4 Å². The Kier molecular flexibility index (Phi) is 6.43. The van der Waals surface area contributed by atoms with Gasteiger partial charge in [0, 0.05) is 49.5 Å². The third kappa shape index (κ3) is 5.29. The van der Waals surface area contributed by atoms with Gasteiger partial charge in [0.2, 0.25) is 5.91 Å². The van der Waals surface area contributed by atoms with E-state index in [0.717, 1.165) is 31.7 Å². The molecule has 8 heteroatoms. The van der Waals surface area contributed by atoms with E-state index in [2.05, 4.69) is 27.2 Å². The summed E-state index contributed by atoms with van der Waals surface area (Å²) >= 11 is 0. The molecule has 1 aromatic carbocycles. The van der Waals surface area contributed by atoms with Crippen LogP contribution < -0.4 is 10.9 Å². The van der Waals surface area contributed by atoms with Crippen LogP contribution in [-0.4, -0.2) is 64.8 Å². The number of hydrogen-bond acceptors (Lipinski definition) is 5. The van der Waals surface area contributed by atoms with E-state index in [4.69, 9.17) is 0 Å². The van der Waals surface area contributed by atoms with Gasteiger partial charge in [-0.15, -0.1) is 0 Å². The van der Waals surface area contributed by atoms with Crippen LogP contribution in [0.5, 0.6) is 0 Å². The Morgan fingerprint density at radius 1 is 1.10 bits per heavy atom. The van der Waals surface area contributed by atoms with E-state index in [1.807, 2.05) is 17.0 Å². The van der Waals surface area contributed by atoms with Crippen molar-refractivity contribution in [3.63, 3.8) is 0 Å². The lowest BCUT2D eigenvalue weighted by molar-refractivity contribution is -0.120. The smallest absolute Gasteiger partial charge is 0.254 e. The Bertz CT molecular complexity index is 944. The summed E-state index contributed by atoms with van der Waals surface area (Å²) in [6.45, 7) is 7.00. The summed E-state index contributed by atoms with van der Waals surface area (Å²) in [6, 6.07) is 7.27. The Morgan fingerprint density at radius 3 is 2.38 bits per heavy atom. The average Bonchev–Trinajstić information content (AvgIpc) is 2.69. The van der Waals surface area contributed by atoms with Crippen LogP contribution in [-0.2, 0) is 17.8 Å². The van der Waals surface area contributed by atoms with Crippen LogP contribution in [0.1, 0.15) is 33.0 Å². The molecule has 8 nitrogen and oxygen atoms in total. The number of benzene rings is 1. The van der Waals surface area contributed by atoms with Crippen molar-refractivity contribution in [3.8, 4) is 0 Å². The zero-order valence-corrected chi connectivity index (χ0v) is 17.1. The number of amides is 2. The van der Waals surface area contributed by atoms with Gasteiger partial charge in [-0.05, 0) is 38.6 Å². The standard InChI is InChI=1S/C21H27N5O3/c1-14-18(20(28)24-15(2)23-14)12-19(27)22-13-16-4-6-17(7-5-16)21(29)26-10-8-25(3)9-11-26/h4-7H,8-13H2,1-3H3,(H,22,27)(H,23,24,28). The molecule has 0 radical (unpaired) electrons. The summed E-state index contributed by atoms with van der Waals surface area (Å²) in [5.41, 5.74) is 2.20. The van der Waals surface area contributed by atoms with Crippen LogP contribution >= 0.6 is 0 Å². The van der Waals surface area contributed by atoms with Crippen molar-refractivity contribution in [2.24, 2.45) is 0 Å². The van der Waals surface area contributed by atoms with Crippen LogP contribution in [0.2, 0.25) is 0 Å². The lowest BCUT2D eigenvalue weighted by atomic mass is 10.1. The van der Waals surface area contributed by atoms with Crippen molar-refractivity contribution in [2.75, 3.05) is 33.2 Å². The number of nitrogens with zero attached hydrogens (tertiary/aromatic N) is 3. The van der Waals surface area contributed by atoms with Gasteiger partial charge in [-0.1, -0.05) is 12.1 Å². The maximum Gasteiger partial charge on any atom is 0.254 e. The monoisotopic (exact) mass is 397 g/mol. The number of aromatic amines is 1. The van der Waals surface area contributed by atoms with Crippen LogP contribution in [0.3, 0.4) is 0 Å². The van der Waals surface area contributed by atoms with Gasteiger partial charge in [0.25, 0.3) is 11.5 Å². The number of aromatic nitrogens is 2. The van der Waals surface area contributed by atoms with Crippen molar-refractivity contribution in [1.82, 2.24) is 25.1 Å². The molecule has 0 aliphatic carbocycles. The molecule has 0 saturated carbocycles. The molecule has 2 heterocycles. The van der Waals surface area contributed by atoms with Gasteiger partial charge in [-0.25, -0.2) is 4.98 Å². The number of carbonyl (C=O) groups excluding carboxylic acids is 2. The van der Waals surface area contributed by atoms with Gasteiger partial charge in [0.1, 0.15) is 5.82 Å². The molecular formula is C21H27N5O3. The lowest BCUT2D eigenvalue weighted by Crippen LogP contribution is -2.47. The largest absolute Gasteiger partial charge is 0.352 e. The topological polar surface area (TPSA) is 98.4 Å². The predicted octanol–water partition coefficient (Wildman–Crippen LogP) is 0.633. The normalized spacial score (nSPS) is 14.7. The Balaban J connectivity index is 1.54. The number of H-pyrrole nitrogens is 1. The van der Waals surface area contributed by atoms with Crippen LogP contribution in [0.4, 0.5) is 0 Å². The number of aryl methyl sites for hydroxylation is 2. The summed E-state index contributed by atoms with van der Waals surface area (Å²) in [4.78, 5) is 47.7. The van der Waals surface area contributed by atoms with E-state index in [0.29, 0.717) is 29.2 Å². The summed E-state index contributed by atoms with van der Waals surface area (Å²) < 4.78 is 0. The van der Waals surface area contributed by atoms with E-state index >= 15 is 0 Å².